The van der Waals surface area contributed by atoms with Gasteiger partial charge in [-0.2, -0.15) is 0 Å². The molecule has 0 radical (unpaired) electrons. The molecule has 0 aliphatic heterocycles. The molecule has 1 aromatic carbocycles. The molecule has 0 aromatic heterocycles. The molecule has 0 spiro atoms. The molecule has 0 saturated carbocycles. The molecule has 100 valence electrons. The van der Waals surface area contributed by atoms with Crippen molar-refractivity contribution in [1.29, 1.82) is 0 Å². The summed E-state index contributed by atoms with van der Waals surface area (Å²) in [6.07, 6.45) is 0.964. The Morgan fingerprint density at radius 1 is 1.17 bits per heavy atom. The van der Waals surface area contributed by atoms with Gasteiger partial charge >= 0.3 is 0 Å². The summed E-state index contributed by atoms with van der Waals surface area (Å²) >= 11 is 0. The summed E-state index contributed by atoms with van der Waals surface area (Å²) < 4.78 is 0. The van der Waals surface area contributed by atoms with Crippen molar-refractivity contribution in [2.24, 2.45) is 0 Å². The third-order valence-electron chi connectivity index (χ3n) is 3.24. The second kappa shape index (κ2) is 5.66. The molecule has 0 aliphatic carbocycles. The van der Waals surface area contributed by atoms with Crippen molar-refractivity contribution in [1.82, 2.24) is 0 Å². The van der Waals surface area contributed by atoms with Gasteiger partial charge in [0.2, 0.25) is 0 Å². The highest BCUT2D eigenvalue weighted by atomic mass is 16.3. The van der Waals surface area contributed by atoms with E-state index in [1.54, 1.807) is 0 Å². The van der Waals surface area contributed by atoms with Crippen LogP contribution in [0.2, 0.25) is 0 Å². The lowest BCUT2D eigenvalue weighted by Crippen LogP contribution is -2.14. The zero-order chi connectivity index (χ0) is 13.9. The number of aliphatic hydroxyl groups excluding tert-OH is 1. The Balaban J connectivity index is 3.13. The molecule has 2 nitrogen and oxygen atoms in total. The molecular weight excluding hydrogens is 224 g/mol. The maximum Gasteiger partial charge on any atom is 0.163 e. The number of aliphatic hydroxyl groups is 1. The summed E-state index contributed by atoms with van der Waals surface area (Å²) in [7, 11) is 0. The van der Waals surface area contributed by atoms with Crippen LogP contribution in [-0.4, -0.2) is 17.5 Å². The van der Waals surface area contributed by atoms with Gasteiger partial charge in [-0.15, -0.1) is 0 Å². The molecule has 1 rings (SSSR count). The Labute approximate surface area is 110 Å². The van der Waals surface area contributed by atoms with Crippen molar-refractivity contribution in [3.05, 3.63) is 34.4 Å². The first kappa shape index (κ1) is 14.9. The molecule has 0 aliphatic rings. The summed E-state index contributed by atoms with van der Waals surface area (Å²) in [6.45, 7) is 10.6. The van der Waals surface area contributed by atoms with Gasteiger partial charge in [-0.05, 0) is 42.4 Å². The van der Waals surface area contributed by atoms with Crippen LogP contribution in [0, 0.1) is 13.8 Å². The minimum atomic E-state index is 0.0733. The Bertz CT molecular complexity index is 416. The summed E-state index contributed by atoms with van der Waals surface area (Å²) in [5.41, 5.74) is 4.28. The quantitative estimate of drug-likeness (QED) is 0.827. The van der Waals surface area contributed by atoms with Crippen LogP contribution in [0.15, 0.2) is 12.1 Å². The lowest BCUT2D eigenvalue weighted by Gasteiger charge is -2.22. The van der Waals surface area contributed by atoms with Gasteiger partial charge in [-0.25, -0.2) is 0 Å². The molecule has 1 N–H and O–H groups in total. The maximum atomic E-state index is 12.1. The van der Waals surface area contributed by atoms with Crippen LogP contribution in [0.5, 0.6) is 0 Å². The van der Waals surface area contributed by atoms with E-state index in [0.717, 1.165) is 16.7 Å². The van der Waals surface area contributed by atoms with Crippen molar-refractivity contribution in [2.75, 3.05) is 6.61 Å². The van der Waals surface area contributed by atoms with Gasteiger partial charge in [-0.3, -0.25) is 4.79 Å². The highest BCUT2D eigenvalue weighted by Crippen LogP contribution is 2.27. The van der Waals surface area contributed by atoms with E-state index in [9.17, 15) is 4.79 Å². The molecule has 0 bridgehead atoms. The number of carbonyl (C=O) groups excluding carboxylic acids is 1. The number of hydrogen-bond donors (Lipinski definition) is 1. The highest BCUT2D eigenvalue weighted by Gasteiger charge is 2.18. The van der Waals surface area contributed by atoms with Gasteiger partial charge in [-0.1, -0.05) is 32.9 Å². The molecule has 2 heteroatoms. The van der Waals surface area contributed by atoms with Crippen LogP contribution in [-0.2, 0) is 5.41 Å². The average molecular weight is 248 g/mol. The summed E-state index contributed by atoms with van der Waals surface area (Å²) in [5.74, 6) is 0.138. The van der Waals surface area contributed by atoms with Crippen molar-refractivity contribution in [3.8, 4) is 0 Å². The van der Waals surface area contributed by atoms with E-state index in [-0.39, 0.29) is 17.8 Å². The van der Waals surface area contributed by atoms with E-state index in [2.05, 4.69) is 32.9 Å². The fourth-order valence-electron chi connectivity index (χ4n) is 2.20. The first-order chi connectivity index (χ1) is 8.27. The van der Waals surface area contributed by atoms with E-state index in [1.165, 1.54) is 5.56 Å². The number of aryl methyl sites for hydroxylation is 2. The van der Waals surface area contributed by atoms with E-state index < -0.39 is 0 Å². The maximum absolute atomic E-state index is 12.1. The Kier molecular flexibility index (Phi) is 4.69. The van der Waals surface area contributed by atoms with E-state index in [0.29, 0.717) is 12.8 Å². The van der Waals surface area contributed by atoms with Gasteiger partial charge < -0.3 is 5.11 Å². The highest BCUT2D eigenvalue weighted by molar-refractivity contribution is 5.98. The lowest BCUT2D eigenvalue weighted by atomic mass is 9.83. The monoisotopic (exact) mass is 248 g/mol. The van der Waals surface area contributed by atoms with E-state index in [1.807, 2.05) is 13.8 Å². The largest absolute Gasteiger partial charge is 0.396 e. The molecule has 0 atom stereocenters. The predicted molar refractivity (Wildman–Crippen MR) is 75.3 cm³/mol. The van der Waals surface area contributed by atoms with Crippen LogP contribution in [0.25, 0.3) is 0 Å². The summed E-state index contributed by atoms with van der Waals surface area (Å²) in [5, 5.41) is 8.80. The lowest BCUT2D eigenvalue weighted by molar-refractivity contribution is 0.0970. The number of ketones is 1. The fraction of sp³-hybridized carbons (Fsp3) is 0.562. The smallest absolute Gasteiger partial charge is 0.163 e. The summed E-state index contributed by atoms with van der Waals surface area (Å²) in [6, 6.07) is 4.22. The molecular formula is C16H24O2. The van der Waals surface area contributed by atoms with Crippen LogP contribution in [0.1, 0.15) is 60.7 Å². The standard InChI is InChI=1S/C16H24O2/c1-11-9-13(16(3,4)5)10-12(2)15(11)14(18)7-6-8-17/h9-10,17H,6-8H2,1-5H3. The van der Waals surface area contributed by atoms with Gasteiger partial charge in [0.25, 0.3) is 0 Å². The van der Waals surface area contributed by atoms with E-state index >= 15 is 0 Å². The van der Waals surface area contributed by atoms with Gasteiger partial charge in [0.15, 0.2) is 5.78 Å². The number of benzene rings is 1. The minimum absolute atomic E-state index is 0.0733. The number of hydrogen-bond acceptors (Lipinski definition) is 2. The van der Waals surface area contributed by atoms with Crippen molar-refractivity contribution in [3.63, 3.8) is 0 Å². The number of rotatable bonds is 4. The first-order valence-corrected chi connectivity index (χ1v) is 6.53. The normalized spacial score (nSPS) is 11.7. The van der Waals surface area contributed by atoms with Gasteiger partial charge in [0, 0.05) is 18.6 Å². The van der Waals surface area contributed by atoms with Crippen LogP contribution in [0.4, 0.5) is 0 Å². The minimum Gasteiger partial charge on any atom is -0.396 e. The van der Waals surface area contributed by atoms with Crippen LogP contribution >= 0.6 is 0 Å². The van der Waals surface area contributed by atoms with Gasteiger partial charge in [0.1, 0.15) is 0 Å². The third-order valence-corrected chi connectivity index (χ3v) is 3.24. The van der Waals surface area contributed by atoms with Crippen molar-refractivity contribution >= 4 is 5.78 Å². The molecule has 1 aromatic rings. The van der Waals surface area contributed by atoms with Crippen LogP contribution in [0.3, 0.4) is 0 Å². The Hall–Kier alpha value is -1.15. The summed E-state index contributed by atoms with van der Waals surface area (Å²) in [4.78, 5) is 12.1. The third kappa shape index (κ3) is 3.42. The van der Waals surface area contributed by atoms with E-state index in [4.69, 9.17) is 5.11 Å². The zero-order valence-electron chi connectivity index (χ0n) is 12.1. The zero-order valence-corrected chi connectivity index (χ0v) is 12.1. The van der Waals surface area contributed by atoms with Crippen LogP contribution < -0.4 is 0 Å². The molecule has 0 fully saturated rings. The van der Waals surface area contributed by atoms with Crippen molar-refractivity contribution < 1.29 is 9.90 Å². The topological polar surface area (TPSA) is 37.3 Å². The molecule has 0 amide bonds. The second-order valence-corrected chi connectivity index (χ2v) is 5.99. The predicted octanol–water partition coefficient (Wildman–Crippen LogP) is 3.56. The SMILES string of the molecule is Cc1cc(C(C)(C)C)cc(C)c1C(=O)CCCO. The molecule has 18 heavy (non-hydrogen) atoms. The molecule has 0 saturated heterocycles. The number of carbonyl (C=O) groups is 1. The second-order valence-electron chi connectivity index (χ2n) is 5.99. The average Bonchev–Trinajstić information content (AvgIpc) is 2.24. The molecule has 0 heterocycles. The fourth-order valence-corrected chi connectivity index (χ4v) is 2.20. The van der Waals surface area contributed by atoms with Crippen molar-refractivity contribution in [2.45, 2.75) is 52.9 Å². The van der Waals surface area contributed by atoms with Gasteiger partial charge in [0.05, 0.1) is 0 Å². The Morgan fingerprint density at radius 3 is 2.06 bits per heavy atom. The number of Topliss-reactive ketones (excluding diaryl/α,β-unsaturated/α-hetero) is 1. The molecule has 0 unspecified atom stereocenters. The first-order valence-electron chi connectivity index (χ1n) is 6.53. The Morgan fingerprint density at radius 2 is 1.67 bits per heavy atom.